The number of rotatable bonds is 2. The fraction of sp³-hybridized carbons (Fsp3) is 0.357. The van der Waals surface area contributed by atoms with Crippen LogP contribution in [0.15, 0.2) is 34.9 Å². The van der Waals surface area contributed by atoms with E-state index < -0.39 is 0 Å². The third kappa shape index (κ3) is 2.11. The topological polar surface area (TPSA) is 54.3 Å². The number of fused-ring (bicyclic) bond motifs is 1. The average molecular weight is 244 g/mol. The zero-order valence-corrected chi connectivity index (χ0v) is 10.1. The molecule has 0 bridgehead atoms. The van der Waals surface area contributed by atoms with Crippen LogP contribution >= 0.6 is 0 Å². The molecule has 1 aliphatic rings. The first-order valence-electron chi connectivity index (χ1n) is 6.32. The predicted molar refractivity (Wildman–Crippen MR) is 69.6 cm³/mol. The van der Waals surface area contributed by atoms with Crippen molar-refractivity contribution in [3.8, 4) is 0 Å². The van der Waals surface area contributed by atoms with Gasteiger partial charge in [0.25, 0.3) is 5.91 Å². The van der Waals surface area contributed by atoms with Crippen molar-refractivity contribution in [3.05, 3.63) is 36.1 Å². The summed E-state index contributed by atoms with van der Waals surface area (Å²) in [5.74, 6) is -0.0475. The summed E-state index contributed by atoms with van der Waals surface area (Å²) in [5.41, 5.74) is 1.38. The molecule has 2 heterocycles. The molecule has 2 aromatic rings. The third-order valence-corrected chi connectivity index (χ3v) is 3.36. The zero-order valence-electron chi connectivity index (χ0n) is 10.1. The summed E-state index contributed by atoms with van der Waals surface area (Å²) in [6.07, 6.45) is 3.68. The van der Waals surface area contributed by atoms with Gasteiger partial charge in [0.15, 0.2) is 0 Å². The van der Waals surface area contributed by atoms with E-state index in [1.54, 1.807) is 0 Å². The number of benzene rings is 1. The number of hydrogen-bond acceptors (Lipinski definition) is 3. The van der Waals surface area contributed by atoms with Gasteiger partial charge in [0, 0.05) is 18.0 Å². The highest BCUT2D eigenvalue weighted by Crippen LogP contribution is 2.20. The van der Waals surface area contributed by atoms with Crippen LogP contribution in [0.1, 0.15) is 23.2 Å². The van der Waals surface area contributed by atoms with Crippen LogP contribution in [0.2, 0.25) is 0 Å². The normalized spacial score (nSPS) is 19.9. The Hall–Kier alpha value is -1.81. The smallest absolute Gasteiger partial charge is 0.255 e. The van der Waals surface area contributed by atoms with Gasteiger partial charge in [-0.3, -0.25) is 4.79 Å². The Labute approximate surface area is 105 Å². The molecule has 0 radical (unpaired) electrons. The van der Waals surface area contributed by atoms with Crippen molar-refractivity contribution in [2.75, 3.05) is 13.1 Å². The average Bonchev–Trinajstić information content (AvgIpc) is 2.84. The number of hydrogen-bond donors (Lipinski definition) is 2. The van der Waals surface area contributed by atoms with E-state index in [9.17, 15) is 4.79 Å². The van der Waals surface area contributed by atoms with Crippen LogP contribution in [-0.2, 0) is 0 Å². The molecule has 0 aliphatic carbocycles. The maximum Gasteiger partial charge on any atom is 0.255 e. The van der Waals surface area contributed by atoms with E-state index in [4.69, 9.17) is 4.42 Å². The highest BCUT2D eigenvalue weighted by molar-refractivity contribution is 6.05. The van der Waals surface area contributed by atoms with Crippen LogP contribution in [0.3, 0.4) is 0 Å². The minimum Gasteiger partial charge on any atom is -0.463 e. The molecule has 1 atom stereocenters. The first-order chi connectivity index (χ1) is 8.84. The second-order valence-electron chi connectivity index (χ2n) is 4.66. The molecule has 4 nitrogen and oxygen atoms in total. The second kappa shape index (κ2) is 4.82. The number of carbonyl (C=O) groups excluding carboxylic acids is 1. The fourth-order valence-corrected chi connectivity index (χ4v) is 2.39. The molecule has 1 unspecified atom stereocenters. The summed E-state index contributed by atoms with van der Waals surface area (Å²) >= 11 is 0. The third-order valence-electron chi connectivity index (χ3n) is 3.36. The van der Waals surface area contributed by atoms with Gasteiger partial charge in [-0.1, -0.05) is 18.2 Å². The molecular weight excluding hydrogens is 228 g/mol. The van der Waals surface area contributed by atoms with Crippen LogP contribution in [0.25, 0.3) is 11.0 Å². The van der Waals surface area contributed by atoms with Crippen molar-refractivity contribution in [3.63, 3.8) is 0 Å². The largest absolute Gasteiger partial charge is 0.463 e. The lowest BCUT2D eigenvalue weighted by molar-refractivity contribution is 0.0931. The van der Waals surface area contributed by atoms with Crippen LogP contribution in [-0.4, -0.2) is 25.0 Å². The lowest BCUT2D eigenvalue weighted by Gasteiger charge is -2.23. The van der Waals surface area contributed by atoms with Gasteiger partial charge in [-0.05, 0) is 25.5 Å². The lowest BCUT2D eigenvalue weighted by Crippen LogP contribution is -2.45. The maximum absolute atomic E-state index is 12.2. The van der Waals surface area contributed by atoms with Crippen molar-refractivity contribution < 1.29 is 9.21 Å². The van der Waals surface area contributed by atoms with E-state index in [0.717, 1.165) is 36.9 Å². The Kier molecular flexibility index (Phi) is 3.02. The van der Waals surface area contributed by atoms with Crippen LogP contribution < -0.4 is 10.6 Å². The molecule has 1 amide bonds. The number of nitrogens with one attached hydrogen (secondary N) is 2. The minimum atomic E-state index is -0.0475. The number of amides is 1. The molecular formula is C14H16N2O2. The SMILES string of the molecule is O=C(NC1CCCNC1)c1coc2ccccc12. The Bertz CT molecular complexity index is 556. The van der Waals surface area contributed by atoms with Gasteiger partial charge >= 0.3 is 0 Å². The van der Waals surface area contributed by atoms with Gasteiger partial charge in [-0.25, -0.2) is 0 Å². The van der Waals surface area contributed by atoms with Crippen molar-refractivity contribution >= 4 is 16.9 Å². The summed E-state index contributed by atoms with van der Waals surface area (Å²) in [5, 5.41) is 7.21. The van der Waals surface area contributed by atoms with Crippen molar-refractivity contribution in [2.45, 2.75) is 18.9 Å². The zero-order chi connectivity index (χ0) is 12.4. The number of piperidine rings is 1. The fourth-order valence-electron chi connectivity index (χ4n) is 2.39. The van der Waals surface area contributed by atoms with Gasteiger partial charge in [-0.15, -0.1) is 0 Å². The first kappa shape index (κ1) is 11.3. The summed E-state index contributed by atoms with van der Waals surface area (Å²) < 4.78 is 5.38. The van der Waals surface area contributed by atoms with Gasteiger partial charge in [0.1, 0.15) is 11.8 Å². The molecule has 1 aromatic carbocycles. The van der Waals surface area contributed by atoms with Crippen LogP contribution in [0.5, 0.6) is 0 Å². The second-order valence-corrected chi connectivity index (χ2v) is 4.66. The van der Waals surface area contributed by atoms with Crippen LogP contribution in [0, 0.1) is 0 Å². The molecule has 0 spiro atoms. The molecule has 1 aliphatic heterocycles. The van der Waals surface area contributed by atoms with Gasteiger partial charge in [-0.2, -0.15) is 0 Å². The van der Waals surface area contributed by atoms with E-state index in [-0.39, 0.29) is 11.9 Å². The quantitative estimate of drug-likeness (QED) is 0.848. The van der Waals surface area contributed by atoms with Crippen molar-refractivity contribution in [2.24, 2.45) is 0 Å². The van der Waals surface area contributed by atoms with E-state index in [2.05, 4.69) is 10.6 Å². The summed E-state index contributed by atoms with van der Waals surface area (Å²) in [4.78, 5) is 12.2. The highest BCUT2D eigenvalue weighted by Gasteiger charge is 2.19. The summed E-state index contributed by atoms with van der Waals surface area (Å²) in [6, 6.07) is 7.82. The molecule has 0 saturated carbocycles. The molecule has 94 valence electrons. The van der Waals surface area contributed by atoms with E-state index in [0.29, 0.717) is 5.56 Å². The van der Waals surface area contributed by atoms with Crippen molar-refractivity contribution in [1.82, 2.24) is 10.6 Å². The summed E-state index contributed by atoms with van der Waals surface area (Å²) in [7, 11) is 0. The van der Waals surface area contributed by atoms with E-state index in [1.807, 2.05) is 24.3 Å². The minimum absolute atomic E-state index is 0.0475. The lowest BCUT2D eigenvalue weighted by atomic mass is 10.1. The van der Waals surface area contributed by atoms with E-state index >= 15 is 0 Å². The Morgan fingerprint density at radius 2 is 2.28 bits per heavy atom. The molecule has 4 heteroatoms. The molecule has 2 N–H and O–H groups in total. The Balaban J connectivity index is 1.79. The predicted octanol–water partition coefficient (Wildman–Crippen LogP) is 1.91. The number of carbonyl (C=O) groups is 1. The Morgan fingerprint density at radius 3 is 3.11 bits per heavy atom. The Morgan fingerprint density at radius 1 is 1.39 bits per heavy atom. The number of furan rings is 1. The van der Waals surface area contributed by atoms with Crippen LogP contribution in [0.4, 0.5) is 0 Å². The monoisotopic (exact) mass is 244 g/mol. The summed E-state index contributed by atoms with van der Waals surface area (Å²) in [6.45, 7) is 1.89. The van der Waals surface area contributed by atoms with Crippen molar-refractivity contribution in [1.29, 1.82) is 0 Å². The standard InChI is InChI=1S/C14H16N2O2/c17-14(16-10-4-3-7-15-8-10)12-9-18-13-6-2-1-5-11(12)13/h1-2,5-6,9-10,15H,3-4,7-8H2,(H,16,17). The maximum atomic E-state index is 12.2. The molecule has 18 heavy (non-hydrogen) atoms. The molecule has 1 fully saturated rings. The van der Waals surface area contributed by atoms with E-state index in [1.165, 1.54) is 6.26 Å². The molecule has 3 rings (SSSR count). The highest BCUT2D eigenvalue weighted by atomic mass is 16.3. The van der Waals surface area contributed by atoms with Gasteiger partial charge < -0.3 is 15.1 Å². The van der Waals surface area contributed by atoms with Gasteiger partial charge in [0.05, 0.1) is 5.56 Å². The number of para-hydroxylation sites is 1. The van der Waals surface area contributed by atoms with Gasteiger partial charge in [0.2, 0.25) is 0 Å². The first-order valence-corrected chi connectivity index (χ1v) is 6.32. The molecule has 1 aromatic heterocycles. The molecule has 1 saturated heterocycles.